The van der Waals surface area contributed by atoms with Crippen molar-refractivity contribution in [2.24, 2.45) is 0 Å². The van der Waals surface area contributed by atoms with E-state index in [1.807, 2.05) is 6.26 Å². The number of nitro benzene ring substituents is 1. The molecule has 30 heavy (non-hydrogen) atoms. The third-order valence-corrected chi connectivity index (χ3v) is 4.56. The van der Waals surface area contributed by atoms with Crippen molar-refractivity contribution < 1.29 is 19.3 Å². The Balaban J connectivity index is 1.97. The van der Waals surface area contributed by atoms with Crippen molar-refractivity contribution in [3.8, 4) is 0 Å². The zero-order chi connectivity index (χ0) is 21.9. The first-order valence-corrected chi connectivity index (χ1v) is 10.3. The molecule has 0 bridgehead atoms. The van der Waals surface area contributed by atoms with E-state index in [2.05, 4.69) is 20.9 Å². The number of carbonyl (C=O) groups excluding carboxylic acids is 3. The average Bonchev–Trinajstić information content (AvgIpc) is 2.75. The molecule has 0 fully saturated rings. The van der Waals surface area contributed by atoms with Crippen LogP contribution in [0.2, 0.25) is 0 Å². The SMILES string of the molecule is CSCCC(NC(=O)c1cccc([N+](=O)[O-])c1)C(=O)NCC(=O)Nc1cccnc1. The number of aromatic nitrogens is 1. The van der Waals surface area contributed by atoms with E-state index >= 15 is 0 Å². The van der Waals surface area contributed by atoms with Gasteiger partial charge in [0.05, 0.1) is 23.4 Å². The van der Waals surface area contributed by atoms with Gasteiger partial charge in [-0.05, 0) is 36.6 Å². The van der Waals surface area contributed by atoms with Crippen LogP contribution in [-0.4, -0.2) is 52.2 Å². The van der Waals surface area contributed by atoms with Gasteiger partial charge in [-0.25, -0.2) is 0 Å². The number of nitro groups is 1. The lowest BCUT2D eigenvalue weighted by atomic mass is 10.1. The van der Waals surface area contributed by atoms with E-state index in [4.69, 9.17) is 0 Å². The van der Waals surface area contributed by atoms with E-state index < -0.39 is 28.7 Å². The molecule has 1 heterocycles. The van der Waals surface area contributed by atoms with Crippen LogP contribution in [0.25, 0.3) is 0 Å². The topological polar surface area (TPSA) is 143 Å². The van der Waals surface area contributed by atoms with Crippen LogP contribution >= 0.6 is 11.8 Å². The minimum atomic E-state index is -0.893. The number of anilines is 1. The van der Waals surface area contributed by atoms with Crippen molar-refractivity contribution in [3.05, 3.63) is 64.5 Å². The van der Waals surface area contributed by atoms with Gasteiger partial charge in [-0.2, -0.15) is 11.8 Å². The molecule has 1 atom stereocenters. The summed E-state index contributed by atoms with van der Waals surface area (Å²) >= 11 is 1.50. The van der Waals surface area contributed by atoms with Crippen LogP contribution in [0.15, 0.2) is 48.8 Å². The minimum Gasteiger partial charge on any atom is -0.345 e. The van der Waals surface area contributed by atoms with Gasteiger partial charge in [0.15, 0.2) is 0 Å². The van der Waals surface area contributed by atoms with Crippen LogP contribution in [0, 0.1) is 10.1 Å². The number of hydrogen-bond donors (Lipinski definition) is 3. The second-order valence-corrected chi connectivity index (χ2v) is 7.11. The molecule has 0 aliphatic carbocycles. The summed E-state index contributed by atoms with van der Waals surface area (Å²) in [4.78, 5) is 51.1. The van der Waals surface area contributed by atoms with Gasteiger partial charge in [0.1, 0.15) is 6.04 Å². The van der Waals surface area contributed by atoms with E-state index in [0.717, 1.165) is 6.07 Å². The van der Waals surface area contributed by atoms with Gasteiger partial charge < -0.3 is 16.0 Å². The van der Waals surface area contributed by atoms with Crippen LogP contribution in [0.5, 0.6) is 0 Å². The van der Waals surface area contributed by atoms with Gasteiger partial charge in [0, 0.05) is 23.9 Å². The summed E-state index contributed by atoms with van der Waals surface area (Å²) in [7, 11) is 0. The maximum atomic E-state index is 12.5. The second-order valence-electron chi connectivity index (χ2n) is 6.12. The maximum absolute atomic E-state index is 12.5. The molecule has 0 spiro atoms. The number of amides is 3. The Hall–Kier alpha value is -3.47. The highest BCUT2D eigenvalue weighted by molar-refractivity contribution is 7.98. The van der Waals surface area contributed by atoms with Crippen molar-refractivity contribution in [1.82, 2.24) is 15.6 Å². The van der Waals surface area contributed by atoms with E-state index in [-0.39, 0.29) is 17.8 Å². The standard InChI is InChI=1S/C19H21N5O5S/c1-30-9-7-16(23-18(26)13-4-2-6-15(10-13)24(28)29)19(27)21-12-17(25)22-14-5-3-8-20-11-14/h2-6,8,10-11,16H,7,9,12H2,1H3,(H,21,27)(H,22,25)(H,23,26). The summed E-state index contributed by atoms with van der Waals surface area (Å²) in [6.07, 6.45) is 5.23. The molecule has 1 aromatic heterocycles. The molecule has 2 aromatic rings. The molecule has 0 radical (unpaired) electrons. The number of nitrogens with zero attached hydrogens (tertiary/aromatic N) is 2. The van der Waals surface area contributed by atoms with Crippen LogP contribution in [0.4, 0.5) is 11.4 Å². The smallest absolute Gasteiger partial charge is 0.270 e. The third-order valence-electron chi connectivity index (χ3n) is 3.92. The van der Waals surface area contributed by atoms with Gasteiger partial charge in [0.25, 0.3) is 11.6 Å². The molecular weight excluding hydrogens is 410 g/mol. The highest BCUT2D eigenvalue weighted by Gasteiger charge is 2.22. The van der Waals surface area contributed by atoms with Crippen molar-refractivity contribution in [1.29, 1.82) is 0 Å². The largest absolute Gasteiger partial charge is 0.345 e. The lowest BCUT2D eigenvalue weighted by Gasteiger charge is -2.18. The molecule has 0 aliphatic heterocycles. The molecule has 3 amide bonds. The molecule has 0 aliphatic rings. The summed E-state index contributed by atoms with van der Waals surface area (Å²) in [6.45, 7) is -0.282. The van der Waals surface area contributed by atoms with Crippen molar-refractivity contribution in [2.45, 2.75) is 12.5 Å². The Morgan fingerprint density at radius 3 is 2.70 bits per heavy atom. The number of rotatable bonds is 10. The number of pyridine rings is 1. The molecule has 3 N–H and O–H groups in total. The summed E-state index contributed by atoms with van der Waals surface area (Å²) in [6, 6.07) is 7.66. The molecule has 0 saturated heterocycles. The van der Waals surface area contributed by atoms with E-state index in [9.17, 15) is 24.5 Å². The summed E-state index contributed by atoms with van der Waals surface area (Å²) in [5.74, 6) is -0.983. The van der Waals surface area contributed by atoms with Crippen molar-refractivity contribution >= 4 is 40.9 Å². The summed E-state index contributed by atoms with van der Waals surface area (Å²) in [5, 5.41) is 18.6. The predicted molar refractivity (Wildman–Crippen MR) is 113 cm³/mol. The molecule has 10 nitrogen and oxygen atoms in total. The average molecular weight is 431 g/mol. The molecule has 1 aromatic carbocycles. The van der Waals surface area contributed by atoms with Crippen LogP contribution in [0.1, 0.15) is 16.8 Å². The fourth-order valence-corrected chi connectivity index (χ4v) is 2.91. The number of thioether (sulfide) groups is 1. The molecule has 0 saturated carbocycles. The van der Waals surface area contributed by atoms with Gasteiger partial charge in [0.2, 0.25) is 11.8 Å². The fourth-order valence-electron chi connectivity index (χ4n) is 2.44. The van der Waals surface area contributed by atoms with Gasteiger partial charge in [-0.15, -0.1) is 0 Å². The normalized spacial score (nSPS) is 11.2. The molecular formula is C19H21N5O5S. The first kappa shape index (κ1) is 22.8. The van der Waals surface area contributed by atoms with E-state index in [0.29, 0.717) is 17.9 Å². The maximum Gasteiger partial charge on any atom is 0.270 e. The molecule has 1 unspecified atom stereocenters. The Bertz CT molecular complexity index is 909. The Morgan fingerprint density at radius 1 is 1.23 bits per heavy atom. The quantitative estimate of drug-likeness (QED) is 0.383. The molecule has 158 valence electrons. The Labute approximate surface area is 177 Å². The van der Waals surface area contributed by atoms with Gasteiger partial charge in [-0.1, -0.05) is 6.07 Å². The number of hydrogen-bond acceptors (Lipinski definition) is 7. The number of nitrogens with one attached hydrogen (secondary N) is 3. The summed E-state index contributed by atoms with van der Waals surface area (Å²) in [5.41, 5.74) is 0.343. The van der Waals surface area contributed by atoms with E-state index in [1.165, 1.54) is 36.2 Å². The Morgan fingerprint density at radius 2 is 2.03 bits per heavy atom. The number of carbonyl (C=O) groups is 3. The second kappa shape index (κ2) is 11.5. The van der Waals surface area contributed by atoms with Gasteiger partial charge in [-0.3, -0.25) is 29.5 Å². The predicted octanol–water partition coefficient (Wildman–Crippen LogP) is 1.60. The van der Waals surface area contributed by atoms with Crippen LogP contribution in [0.3, 0.4) is 0 Å². The van der Waals surface area contributed by atoms with E-state index in [1.54, 1.807) is 18.3 Å². The van der Waals surface area contributed by atoms with Crippen LogP contribution < -0.4 is 16.0 Å². The molecule has 2 rings (SSSR count). The van der Waals surface area contributed by atoms with Gasteiger partial charge >= 0.3 is 0 Å². The first-order chi connectivity index (χ1) is 14.4. The van der Waals surface area contributed by atoms with Crippen LogP contribution in [-0.2, 0) is 9.59 Å². The highest BCUT2D eigenvalue weighted by Crippen LogP contribution is 2.13. The third kappa shape index (κ3) is 7.17. The minimum absolute atomic E-state index is 0.0699. The number of benzene rings is 1. The zero-order valence-electron chi connectivity index (χ0n) is 16.2. The Kier molecular flexibility index (Phi) is 8.75. The zero-order valence-corrected chi connectivity index (χ0v) is 17.0. The fraction of sp³-hybridized carbons (Fsp3) is 0.263. The van der Waals surface area contributed by atoms with Crippen molar-refractivity contribution in [2.75, 3.05) is 23.9 Å². The summed E-state index contributed by atoms with van der Waals surface area (Å²) < 4.78 is 0. The molecule has 11 heteroatoms. The monoisotopic (exact) mass is 431 g/mol. The lowest BCUT2D eigenvalue weighted by molar-refractivity contribution is -0.384. The lowest BCUT2D eigenvalue weighted by Crippen LogP contribution is -2.48. The number of non-ortho nitro benzene ring substituents is 1. The first-order valence-electron chi connectivity index (χ1n) is 8.92. The van der Waals surface area contributed by atoms with Crippen molar-refractivity contribution in [3.63, 3.8) is 0 Å². The highest BCUT2D eigenvalue weighted by atomic mass is 32.2.